The molecule has 2 aromatic rings. The summed E-state index contributed by atoms with van der Waals surface area (Å²) in [5.74, 6) is 1.10. The van der Waals surface area contributed by atoms with E-state index in [9.17, 15) is 8.68 Å². The summed E-state index contributed by atoms with van der Waals surface area (Å²) in [6.07, 6.45) is 0. The normalized spacial score (nSPS) is 10.5. The highest BCUT2D eigenvalue weighted by Gasteiger charge is 2.09. The van der Waals surface area contributed by atoms with Gasteiger partial charge in [-0.3, -0.25) is 0 Å². The van der Waals surface area contributed by atoms with Crippen molar-refractivity contribution in [2.75, 3.05) is 0 Å². The van der Waals surface area contributed by atoms with Gasteiger partial charge >= 0.3 is 11.4 Å². The van der Waals surface area contributed by atoms with Crippen LogP contribution in [0.25, 0.3) is 11.5 Å². The molecule has 19 heavy (non-hydrogen) atoms. The Morgan fingerprint density at radius 1 is 1.26 bits per heavy atom. The summed E-state index contributed by atoms with van der Waals surface area (Å²) in [6.45, 7) is 1.75. The summed E-state index contributed by atoms with van der Waals surface area (Å²) in [7, 11) is -5.42. The molecule has 0 radical (unpaired) electrons. The lowest BCUT2D eigenvalue weighted by Gasteiger charge is -1.93. The van der Waals surface area contributed by atoms with Crippen molar-refractivity contribution in [3.05, 3.63) is 52.5 Å². The zero-order valence-corrected chi connectivity index (χ0v) is 10.6. The Kier molecular flexibility index (Phi) is 4.90. The molecule has 1 heterocycles. The van der Waals surface area contributed by atoms with Crippen LogP contribution in [-0.4, -0.2) is 13.0 Å². The molecular formula is C11H10FNO5S. The highest BCUT2D eigenvalue weighted by Crippen LogP contribution is 2.12. The lowest BCUT2D eigenvalue weighted by atomic mass is 10.2. The minimum absolute atomic E-state index is 0.146. The van der Waals surface area contributed by atoms with Gasteiger partial charge in [0.1, 0.15) is 5.76 Å². The van der Waals surface area contributed by atoms with E-state index in [2.05, 4.69) is 4.98 Å². The van der Waals surface area contributed by atoms with Crippen molar-refractivity contribution in [1.29, 1.82) is 0 Å². The summed E-state index contributed by atoms with van der Waals surface area (Å²) in [4.78, 5) is 13.8. The Hall–Kier alpha value is -2.06. The maximum Gasteiger partial charge on any atom is 0.416 e. The summed E-state index contributed by atoms with van der Waals surface area (Å²) in [6, 6.07) is 10.9. The Morgan fingerprint density at radius 3 is 2.26 bits per heavy atom. The predicted molar refractivity (Wildman–Crippen MR) is 62.5 cm³/mol. The Morgan fingerprint density at radius 2 is 1.79 bits per heavy atom. The van der Waals surface area contributed by atoms with Crippen LogP contribution in [0.3, 0.4) is 0 Å². The fourth-order valence-electron chi connectivity index (χ4n) is 1.27. The second-order valence-electron chi connectivity index (χ2n) is 3.43. The third-order valence-electron chi connectivity index (χ3n) is 1.87. The maximum absolute atomic E-state index is 11.2. The SMILES string of the molecule is Cc1cc(=O)[nH+]c(-c2ccccc2)o1.O=S(=O)([O-])F. The standard InChI is InChI=1S/C11H9NO2.FHO3S/c1-8-7-10(13)12-11(14-8)9-5-3-2-4-6-9;1-5(2,3)4/h2-7H,1H3;(H,2,3,4). The van der Waals surface area contributed by atoms with Crippen molar-refractivity contribution in [3.8, 4) is 11.5 Å². The molecular weight excluding hydrogens is 277 g/mol. The molecule has 0 spiro atoms. The van der Waals surface area contributed by atoms with Crippen LogP contribution in [0, 0.1) is 6.92 Å². The first kappa shape index (κ1) is 15.0. The molecule has 0 aliphatic rings. The van der Waals surface area contributed by atoms with E-state index < -0.39 is 10.5 Å². The lowest BCUT2D eigenvalue weighted by Crippen LogP contribution is -2.28. The number of hydrogen-bond acceptors (Lipinski definition) is 5. The second kappa shape index (κ2) is 6.21. The van der Waals surface area contributed by atoms with Crippen LogP contribution in [0.4, 0.5) is 3.89 Å². The van der Waals surface area contributed by atoms with Crippen molar-refractivity contribution in [1.82, 2.24) is 0 Å². The third kappa shape index (κ3) is 6.43. The fraction of sp³-hybridized carbons (Fsp3) is 0.0909. The fourth-order valence-corrected chi connectivity index (χ4v) is 1.27. The minimum Gasteiger partial charge on any atom is -0.722 e. The Labute approximate surface area is 108 Å². The van der Waals surface area contributed by atoms with Gasteiger partial charge in [-0.05, 0) is 19.1 Å². The van der Waals surface area contributed by atoms with Gasteiger partial charge in [-0.25, -0.2) is 13.2 Å². The first-order valence-electron chi connectivity index (χ1n) is 5.00. The van der Waals surface area contributed by atoms with Gasteiger partial charge in [0.25, 0.3) is 10.5 Å². The number of aryl methyl sites for hydroxylation is 1. The summed E-state index contributed by atoms with van der Waals surface area (Å²) < 4.78 is 40.7. The van der Waals surface area contributed by atoms with Crippen molar-refractivity contribution in [3.63, 3.8) is 0 Å². The van der Waals surface area contributed by atoms with Crippen LogP contribution in [0.15, 0.2) is 45.6 Å². The molecule has 102 valence electrons. The summed E-state index contributed by atoms with van der Waals surface area (Å²) in [5, 5.41) is 0. The van der Waals surface area contributed by atoms with Gasteiger partial charge in [0, 0.05) is 0 Å². The zero-order valence-electron chi connectivity index (χ0n) is 9.79. The van der Waals surface area contributed by atoms with E-state index in [1.54, 1.807) is 6.92 Å². The molecule has 0 bridgehead atoms. The monoisotopic (exact) mass is 287 g/mol. The largest absolute Gasteiger partial charge is 0.722 e. The molecule has 0 saturated heterocycles. The van der Waals surface area contributed by atoms with Gasteiger partial charge in [0.05, 0.1) is 11.6 Å². The van der Waals surface area contributed by atoms with E-state index in [0.717, 1.165) is 5.56 Å². The van der Waals surface area contributed by atoms with Gasteiger partial charge in [0.15, 0.2) is 0 Å². The summed E-state index contributed by atoms with van der Waals surface area (Å²) >= 11 is 0. The quantitative estimate of drug-likeness (QED) is 0.571. The number of halogens is 1. The second-order valence-corrected chi connectivity index (χ2v) is 4.22. The zero-order chi connectivity index (χ0) is 14.5. The summed E-state index contributed by atoms with van der Waals surface area (Å²) in [5.41, 5.74) is 0.723. The number of aromatic amines is 1. The lowest BCUT2D eigenvalue weighted by molar-refractivity contribution is -0.400. The molecule has 0 unspecified atom stereocenters. The molecule has 0 fully saturated rings. The van der Waals surface area contributed by atoms with Crippen LogP contribution in [0.1, 0.15) is 5.76 Å². The van der Waals surface area contributed by atoms with Crippen LogP contribution in [0.5, 0.6) is 0 Å². The highest BCUT2D eigenvalue weighted by molar-refractivity contribution is 7.80. The first-order valence-corrected chi connectivity index (χ1v) is 6.31. The van der Waals surface area contributed by atoms with Crippen molar-refractivity contribution < 1.29 is 26.3 Å². The van der Waals surface area contributed by atoms with Crippen LogP contribution in [0.2, 0.25) is 0 Å². The number of benzene rings is 1. The van der Waals surface area contributed by atoms with E-state index in [1.807, 2.05) is 30.3 Å². The molecule has 0 aliphatic carbocycles. The van der Waals surface area contributed by atoms with Gasteiger partial charge < -0.3 is 8.97 Å². The van der Waals surface area contributed by atoms with Gasteiger partial charge in [-0.2, -0.15) is 0 Å². The third-order valence-corrected chi connectivity index (χ3v) is 1.87. The molecule has 2 rings (SSSR count). The van der Waals surface area contributed by atoms with E-state index in [-0.39, 0.29) is 5.56 Å². The molecule has 6 nitrogen and oxygen atoms in total. The van der Waals surface area contributed by atoms with Crippen molar-refractivity contribution in [2.45, 2.75) is 6.92 Å². The minimum atomic E-state index is -5.42. The number of rotatable bonds is 1. The molecule has 0 atom stereocenters. The predicted octanol–water partition coefficient (Wildman–Crippen LogP) is 0.845. The number of nitrogens with one attached hydrogen (secondary N) is 1. The van der Waals surface area contributed by atoms with Crippen molar-refractivity contribution >= 4 is 10.5 Å². The van der Waals surface area contributed by atoms with E-state index >= 15 is 0 Å². The van der Waals surface area contributed by atoms with Crippen LogP contribution in [-0.2, 0) is 10.5 Å². The average Bonchev–Trinajstić information content (AvgIpc) is 2.26. The molecule has 1 aromatic heterocycles. The number of aromatic nitrogens is 1. The van der Waals surface area contributed by atoms with Crippen LogP contribution < -0.4 is 10.5 Å². The molecule has 0 saturated carbocycles. The molecule has 0 amide bonds. The Bertz CT molecular complexity index is 689. The van der Waals surface area contributed by atoms with Gasteiger partial charge in [0.2, 0.25) is 0 Å². The molecule has 8 heteroatoms. The van der Waals surface area contributed by atoms with E-state index in [1.165, 1.54) is 6.07 Å². The van der Waals surface area contributed by atoms with Gasteiger partial charge in [-0.15, -0.1) is 8.87 Å². The average molecular weight is 287 g/mol. The topological polar surface area (TPSA) is 102 Å². The number of hydrogen-bond donors (Lipinski definition) is 0. The smallest absolute Gasteiger partial charge is 0.416 e. The Balaban J connectivity index is 0.000000312. The first-order chi connectivity index (χ1) is 8.75. The molecule has 1 aromatic carbocycles. The molecule has 0 aliphatic heterocycles. The maximum atomic E-state index is 11.2. The van der Waals surface area contributed by atoms with E-state index in [4.69, 9.17) is 17.4 Å². The van der Waals surface area contributed by atoms with Crippen molar-refractivity contribution in [2.24, 2.45) is 0 Å². The van der Waals surface area contributed by atoms with Crippen LogP contribution >= 0.6 is 0 Å². The van der Waals surface area contributed by atoms with E-state index in [0.29, 0.717) is 11.7 Å². The van der Waals surface area contributed by atoms with Gasteiger partial charge in [-0.1, -0.05) is 18.2 Å². The molecule has 1 N–H and O–H groups in total. The number of H-pyrrole nitrogens is 1. The highest BCUT2D eigenvalue weighted by atomic mass is 32.3.